The lowest BCUT2D eigenvalue weighted by molar-refractivity contribution is -0.139. The zero-order chi connectivity index (χ0) is 25.9. The summed E-state index contributed by atoms with van der Waals surface area (Å²) in [4.78, 5) is 45.0. The van der Waals surface area contributed by atoms with Crippen LogP contribution in [0.15, 0.2) is 29.8 Å². The van der Waals surface area contributed by atoms with E-state index in [1.54, 1.807) is 38.1 Å². The molecule has 0 spiro atoms. The van der Waals surface area contributed by atoms with E-state index < -0.39 is 23.7 Å². The summed E-state index contributed by atoms with van der Waals surface area (Å²) < 4.78 is 10.4. The molecule has 2 heterocycles. The Morgan fingerprint density at radius 1 is 1.17 bits per heavy atom. The van der Waals surface area contributed by atoms with Crippen molar-refractivity contribution in [3.63, 3.8) is 0 Å². The van der Waals surface area contributed by atoms with Gasteiger partial charge in [-0.2, -0.15) is 0 Å². The number of carbonyl (C=O) groups excluding carboxylic acids is 3. The number of ketones is 1. The molecular weight excluding hydrogens is 450 g/mol. The molecule has 2 aromatic rings. The Bertz CT molecular complexity index is 1150. The number of aryl methyl sites for hydroxylation is 1. The van der Waals surface area contributed by atoms with Gasteiger partial charge in [-0.15, -0.1) is 0 Å². The summed E-state index contributed by atoms with van der Waals surface area (Å²) in [7, 11) is 5.14. The maximum Gasteiger partial charge on any atom is 0.354 e. The van der Waals surface area contributed by atoms with Crippen LogP contribution in [0.25, 0.3) is 5.76 Å². The maximum absolute atomic E-state index is 13.3. The molecule has 1 amide bonds. The van der Waals surface area contributed by atoms with Crippen LogP contribution in [0, 0.1) is 13.8 Å². The van der Waals surface area contributed by atoms with Gasteiger partial charge in [0.15, 0.2) is 0 Å². The van der Waals surface area contributed by atoms with E-state index in [4.69, 9.17) is 9.47 Å². The van der Waals surface area contributed by atoms with Crippen molar-refractivity contribution in [3.05, 3.63) is 57.9 Å². The van der Waals surface area contributed by atoms with Crippen LogP contribution >= 0.6 is 0 Å². The Hall–Kier alpha value is -3.59. The molecule has 1 fully saturated rings. The largest absolute Gasteiger partial charge is 0.507 e. The lowest BCUT2D eigenvalue weighted by atomic mass is 9.94. The van der Waals surface area contributed by atoms with E-state index in [0.29, 0.717) is 47.7 Å². The second kappa shape index (κ2) is 10.8. The Balaban J connectivity index is 2.15. The Morgan fingerprint density at radius 2 is 1.83 bits per heavy atom. The van der Waals surface area contributed by atoms with E-state index in [1.165, 1.54) is 12.0 Å². The quantitative estimate of drug-likeness (QED) is 0.244. The number of nitrogens with zero attached hydrogens (tertiary/aromatic N) is 2. The van der Waals surface area contributed by atoms with Gasteiger partial charge in [-0.25, -0.2) is 4.79 Å². The second-order valence-corrected chi connectivity index (χ2v) is 8.77. The van der Waals surface area contributed by atoms with Gasteiger partial charge in [0.1, 0.15) is 17.2 Å². The van der Waals surface area contributed by atoms with Gasteiger partial charge in [0.25, 0.3) is 11.7 Å². The summed E-state index contributed by atoms with van der Waals surface area (Å²) in [6.07, 6.45) is 0.655. The number of aromatic nitrogens is 1. The smallest absolute Gasteiger partial charge is 0.354 e. The second-order valence-electron chi connectivity index (χ2n) is 8.77. The molecule has 3 rings (SSSR count). The van der Waals surface area contributed by atoms with Crippen molar-refractivity contribution in [2.24, 2.45) is 0 Å². The Labute approximate surface area is 205 Å². The lowest BCUT2D eigenvalue weighted by Gasteiger charge is -2.26. The molecule has 1 atom stereocenters. The van der Waals surface area contributed by atoms with E-state index in [9.17, 15) is 19.5 Å². The number of hydrogen-bond acceptors (Lipinski definition) is 7. The first-order valence-corrected chi connectivity index (χ1v) is 11.6. The third-order valence-electron chi connectivity index (χ3n) is 6.11. The van der Waals surface area contributed by atoms with Crippen LogP contribution in [0.5, 0.6) is 5.75 Å². The van der Waals surface area contributed by atoms with E-state index in [0.717, 1.165) is 6.54 Å². The highest BCUT2D eigenvalue weighted by Crippen LogP contribution is 2.41. The van der Waals surface area contributed by atoms with Crippen LogP contribution in [0.2, 0.25) is 0 Å². The fourth-order valence-corrected chi connectivity index (χ4v) is 4.47. The van der Waals surface area contributed by atoms with E-state index in [1.807, 2.05) is 25.9 Å². The third-order valence-corrected chi connectivity index (χ3v) is 6.11. The SMILES string of the molecule is CCOc1ccc(C2/C(=C(\O)c3c(C)[nH]c(C(=O)OC)c3C)C(=O)C(=O)N2CCCN(C)C)cc1. The number of carbonyl (C=O) groups is 3. The Kier molecular flexibility index (Phi) is 8.01. The minimum absolute atomic E-state index is 0.00868. The Morgan fingerprint density at radius 3 is 2.40 bits per heavy atom. The molecule has 1 saturated heterocycles. The molecule has 9 heteroatoms. The fraction of sp³-hybridized carbons (Fsp3) is 0.423. The number of Topliss-reactive ketones (excluding diaryl/α,β-unsaturated/α-hetero) is 1. The number of nitrogens with one attached hydrogen (secondary N) is 1. The van der Waals surface area contributed by atoms with Gasteiger partial charge in [0, 0.05) is 17.8 Å². The number of amides is 1. The molecule has 0 bridgehead atoms. The normalized spacial score (nSPS) is 17.3. The van der Waals surface area contributed by atoms with Gasteiger partial charge in [-0.05, 0) is 71.1 Å². The molecule has 0 aliphatic carbocycles. The summed E-state index contributed by atoms with van der Waals surface area (Å²) in [6, 6.07) is 6.37. The number of H-pyrrole nitrogens is 1. The van der Waals surface area contributed by atoms with Crippen molar-refractivity contribution in [2.45, 2.75) is 33.2 Å². The van der Waals surface area contributed by atoms with Crippen LogP contribution in [0.3, 0.4) is 0 Å². The third kappa shape index (κ3) is 5.09. The zero-order valence-corrected chi connectivity index (χ0v) is 21.1. The van der Waals surface area contributed by atoms with Gasteiger partial charge in [0.2, 0.25) is 0 Å². The van der Waals surface area contributed by atoms with E-state index in [2.05, 4.69) is 4.98 Å². The highest BCUT2D eigenvalue weighted by atomic mass is 16.5. The minimum atomic E-state index is -0.775. The average molecular weight is 484 g/mol. The molecule has 188 valence electrons. The topological polar surface area (TPSA) is 112 Å². The van der Waals surface area contributed by atoms with Crippen LogP contribution < -0.4 is 4.74 Å². The predicted molar refractivity (Wildman–Crippen MR) is 131 cm³/mol. The van der Waals surface area contributed by atoms with Crippen molar-refractivity contribution in [2.75, 3.05) is 40.9 Å². The van der Waals surface area contributed by atoms with Gasteiger partial charge in [-0.3, -0.25) is 9.59 Å². The summed E-state index contributed by atoms with van der Waals surface area (Å²) in [5, 5.41) is 11.4. The first-order valence-electron chi connectivity index (χ1n) is 11.6. The first kappa shape index (κ1) is 26.0. The van der Waals surface area contributed by atoms with Crippen LogP contribution in [0.1, 0.15) is 52.3 Å². The van der Waals surface area contributed by atoms with Crippen molar-refractivity contribution >= 4 is 23.4 Å². The summed E-state index contributed by atoms with van der Waals surface area (Å²) in [5.74, 6) is -1.66. The number of aromatic amines is 1. The number of rotatable bonds is 9. The number of hydrogen-bond donors (Lipinski definition) is 2. The van der Waals surface area contributed by atoms with Crippen LogP contribution in [-0.4, -0.2) is 78.5 Å². The van der Waals surface area contributed by atoms with E-state index in [-0.39, 0.29) is 17.0 Å². The number of aliphatic hydroxyl groups excluding tert-OH is 1. The number of methoxy groups -OCH3 is 1. The summed E-state index contributed by atoms with van der Waals surface area (Å²) >= 11 is 0. The zero-order valence-electron chi connectivity index (χ0n) is 21.1. The number of benzene rings is 1. The highest BCUT2D eigenvalue weighted by Gasteiger charge is 2.46. The molecule has 0 saturated carbocycles. The molecule has 1 aliphatic heterocycles. The first-order chi connectivity index (χ1) is 16.6. The molecule has 1 aliphatic rings. The van der Waals surface area contributed by atoms with Crippen molar-refractivity contribution in [1.29, 1.82) is 0 Å². The molecule has 1 aromatic carbocycles. The standard InChI is InChI=1S/C26H33N3O6/c1-7-35-18-11-9-17(10-12-18)22-20(24(31)25(32)29(22)14-8-13-28(4)5)23(30)19-15(2)21(26(33)34-6)27-16(19)3/h9-12,22,27,30H,7-8,13-14H2,1-6H3/b23-20+. The molecule has 2 N–H and O–H groups in total. The summed E-state index contributed by atoms with van der Waals surface area (Å²) in [5.41, 5.74) is 2.10. The minimum Gasteiger partial charge on any atom is -0.507 e. The lowest BCUT2D eigenvalue weighted by Crippen LogP contribution is -2.32. The van der Waals surface area contributed by atoms with Gasteiger partial charge in [0.05, 0.1) is 25.3 Å². The van der Waals surface area contributed by atoms with Gasteiger partial charge >= 0.3 is 5.97 Å². The van der Waals surface area contributed by atoms with Crippen molar-refractivity contribution in [3.8, 4) is 5.75 Å². The molecule has 0 radical (unpaired) electrons. The number of ether oxygens (including phenoxy) is 2. The number of likely N-dealkylation sites (tertiary alicyclic amines) is 1. The molecular formula is C26H33N3O6. The van der Waals surface area contributed by atoms with Gasteiger partial charge < -0.3 is 29.4 Å². The number of aliphatic hydroxyl groups is 1. The van der Waals surface area contributed by atoms with Crippen molar-refractivity contribution in [1.82, 2.24) is 14.8 Å². The predicted octanol–water partition coefficient (Wildman–Crippen LogP) is 3.19. The molecule has 9 nitrogen and oxygen atoms in total. The highest BCUT2D eigenvalue weighted by molar-refractivity contribution is 6.46. The monoisotopic (exact) mass is 483 g/mol. The summed E-state index contributed by atoms with van der Waals surface area (Å²) in [6.45, 7) is 6.82. The maximum atomic E-state index is 13.3. The van der Waals surface area contributed by atoms with E-state index >= 15 is 0 Å². The van der Waals surface area contributed by atoms with Crippen LogP contribution in [-0.2, 0) is 14.3 Å². The van der Waals surface area contributed by atoms with Crippen molar-refractivity contribution < 1.29 is 29.0 Å². The molecule has 1 aromatic heterocycles. The molecule has 35 heavy (non-hydrogen) atoms. The average Bonchev–Trinajstić information content (AvgIpc) is 3.26. The fourth-order valence-electron chi connectivity index (χ4n) is 4.47. The van der Waals surface area contributed by atoms with Gasteiger partial charge in [-0.1, -0.05) is 12.1 Å². The van der Waals surface area contributed by atoms with Crippen LogP contribution in [0.4, 0.5) is 0 Å². The number of esters is 1. The molecule has 1 unspecified atom stereocenters.